The van der Waals surface area contributed by atoms with Gasteiger partial charge in [0.15, 0.2) is 5.11 Å². The lowest BCUT2D eigenvalue weighted by Crippen LogP contribution is -2.19. The van der Waals surface area contributed by atoms with E-state index in [-0.39, 0.29) is 12.0 Å². The molecule has 5 nitrogen and oxygen atoms in total. The minimum absolute atomic E-state index is 0.106. The molecule has 1 unspecified atom stereocenters. The number of carbonyl (C=O) groups is 1. The molecule has 3 N–H and O–H groups in total. The predicted molar refractivity (Wildman–Crippen MR) is 112 cm³/mol. The fourth-order valence-corrected chi connectivity index (χ4v) is 2.57. The van der Waals surface area contributed by atoms with Crippen LogP contribution in [-0.2, 0) is 4.79 Å². The summed E-state index contributed by atoms with van der Waals surface area (Å²) in [5.74, 6) is 0.541. The number of carbonyl (C=O) groups excluding carboxylic acids is 1. The quantitative estimate of drug-likeness (QED) is 0.584. The average Bonchev–Trinajstić information content (AvgIpc) is 2.58. The number of thiocarbonyl (C=S) groups is 1. The Morgan fingerprint density at radius 3 is 2.15 bits per heavy atom. The summed E-state index contributed by atoms with van der Waals surface area (Å²) >= 11 is 11.6. The number of halogens is 1. The van der Waals surface area contributed by atoms with Crippen molar-refractivity contribution in [2.45, 2.75) is 33.3 Å². The highest BCUT2D eigenvalue weighted by Crippen LogP contribution is 2.29. The van der Waals surface area contributed by atoms with Crippen LogP contribution in [0.2, 0.25) is 5.02 Å². The second-order valence-electron chi connectivity index (χ2n) is 5.82. The fourth-order valence-electron chi connectivity index (χ4n) is 2.11. The van der Waals surface area contributed by atoms with E-state index in [9.17, 15) is 4.79 Å². The van der Waals surface area contributed by atoms with Crippen molar-refractivity contribution in [2.75, 3.05) is 16.0 Å². The van der Waals surface area contributed by atoms with Gasteiger partial charge in [-0.2, -0.15) is 0 Å². The van der Waals surface area contributed by atoms with Crippen molar-refractivity contribution in [2.24, 2.45) is 0 Å². The predicted octanol–water partition coefficient (Wildman–Crippen LogP) is 5.28. The maximum absolute atomic E-state index is 11.0. The third-order valence-corrected chi connectivity index (χ3v) is 4.06. The maximum Gasteiger partial charge on any atom is 0.221 e. The molecule has 0 aliphatic heterocycles. The maximum atomic E-state index is 11.0. The fraction of sp³-hybridized carbons (Fsp3) is 0.263. The monoisotopic (exact) mass is 391 g/mol. The smallest absolute Gasteiger partial charge is 0.221 e. The number of rotatable bonds is 6. The molecule has 0 saturated carbocycles. The Kier molecular flexibility index (Phi) is 7.24. The second-order valence-corrected chi connectivity index (χ2v) is 6.64. The first kappa shape index (κ1) is 20.0. The summed E-state index contributed by atoms with van der Waals surface area (Å²) in [6, 6.07) is 12.7. The molecule has 0 aliphatic rings. The van der Waals surface area contributed by atoms with Gasteiger partial charge < -0.3 is 20.7 Å². The summed E-state index contributed by atoms with van der Waals surface area (Å²) in [6.45, 7) is 5.52. The van der Waals surface area contributed by atoms with Gasteiger partial charge in [-0.3, -0.25) is 4.79 Å². The van der Waals surface area contributed by atoms with Gasteiger partial charge in [0.2, 0.25) is 5.91 Å². The molecule has 0 fully saturated rings. The van der Waals surface area contributed by atoms with Gasteiger partial charge in [0, 0.05) is 24.0 Å². The topological polar surface area (TPSA) is 62.4 Å². The average molecular weight is 392 g/mol. The Labute approximate surface area is 164 Å². The Morgan fingerprint density at radius 2 is 1.62 bits per heavy atom. The molecule has 0 radical (unpaired) electrons. The van der Waals surface area contributed by atoms with Gasteiger partial charge in [0.05, 0.1) is 11.1 Å². The first-order chi connectivity index (χ1) is 12.4. The molecule has 2 aromatic carbocycles. The zero-order valence-electron chi connectivity index (χ0n) is 14.9. The first-order valence-electron chi connectivity index (χ1n) is 8.29. The van der Waals surface area contributed by atoms with E-state index in [2.05, 4.69) is 22.9 Å². The third-order valence-electron chi connectivity index (χ3n) is 3.56. The molecular formula is C19H22ClN3O2S. The number of amides is 1. The van der Waals surface area contributed by atoms with Gasteiger partial charge in [0.25, 0.3) is 0 Å². The normalized spacial score (nSPS) is 11.4. The minimum atomic E-state index is -0.111. The highest BCUT2D eigenvalue weighted by atomic mass is 35.5. The van der Waals surface area contributed by atoms with Gasteiger partial charge in [0.1, 0.15) is 5.75 Å². The summed E-state index contributed by atoms with van der Waals surface area (Å²) in [4.78, 5) is 11.0. The molecule has 26 heavy (non-hydrogen) atoms. The Hall–Kier alpha value is -2.31. The zero-order chi connectivity index (χ0) is 19.1. The van der Waals surface area contributed by atoms with Crippen LogP contribution in [0.4, 0.5) is 17.1 Å². The van der Waals surface area contributed by atoms with Crippen molar-refractivity contribution in [3.05, 3.63) is 47.5 Å². The lowest BCUT2D eigenvalue weighted by Gasteiger charge is -2.15. The number of hydrogen-bond acceptors (Lipinski definition) is 3. The number of nitrogens with one attached hydrogen (secondary N) is 3. The Balaban J connectivity index is 1.95. The van der Waals surface area contributed by atoms with E-state index in [1.165, 1.54) is 6.92 Å². The SMILES string of the molecule is CCC(C)Oc1ccc(NC(=S)Nc2ccc(NC(C)=O)cc2)cc1Cl. The van der Waals surface area contributed by atoms with Crippen LogP contribution in [0.25, 0.3) is 0 Å². The van der Waals surface area contributed by atoms with E-state index >= 15 is 0 Å². The summed E-state index contributed by atoms with van der Waals surface area (Å²) in [5.41, 5.74) is 2.30. The lowest BCUT2D eigenvalue weighted by atomic mass is 10.2. The zero-order valence-corrected chi connectivity index (χ0v) is 16.5. The van der Waals surface area contributed by atoms with Crippen molar-refractivity contribution in [3.63, 3.8) is 0 Å². The van der Waals surface area contributed by atoms with E-state index < -0.39 is 0 Å². The third kappa shape index (κ3) is 6.20. The van der Waals surface area contributed by atoms with Gasteiger partial charge in [-0.25, -0.2) is 0 Å². The van der Waals surface area contributed by atoms with Crippen LogP contribution in [-0.4, -0.2) is 17.1 Å². The molecule has 1 amide bonds. The van der Waals surface area contributed by atoms with Gasteiger partial charge in [-0.1, -0.05) is 18.5 Å². The van der Waals surface area contributed by atoms with E-state index in [1.807, 2.05) is 31.2 Å². The number of benzene rings is 2. The number of ether oxygens (including phenoxy) is 1. The summed E-state index contributed by atoms with van der Waals surface area (Å²) in [6.07, 6.45) is 1.01. The van der Waals surface area contributed by atoms with E-state index in [0.29, 0.717) is 15.9 Å². The van der Waals surface area contributed by atoms with Gasteiger partial charge >= 0.3 is 0 Å². The molecule has 0 saturated heterocycles. The van der Waals surface area contributed by atoms with Crippen molar-refractivity contribution in [1.82, 2.24) is 0 Å². The highest BCUT2D eigenvalue weighted by Gasteiger charge is 2.08. The molecule has 0 aliphatic carbocycles. The second kappa shape index (κ2) is 9.40. The molecule has 2 aromatic rings. The minimum Gasteiger partial charge on any atom is -0.489 e. The molecule has 7 heteroatoms. The molecule has 138 valence electrons. The van der Waals surface area contributed by atoms with Crippen molar-refractivity contribution < 1.29 is 9.53 Å². The van der Waals surface area contributed by atoms with Crippen LogP contribution in [0.1, 0.15) is 27.2 Å². The molecule has 0 heterocycles. The Morgan fingerprint density at radius 1 is 1.08 bits per heavy atom. The van der Waals surface area contributed by atoms with Gasteiger partial charge in [-0.05, 0) is 68.0 Å². The lowest BCUT2D eigenvalue weighted by molar-refractivity contribution is -0.114. The van der Waals surface area contributed by atoms with E-state index in [0.717, 1.165) is 23.5 Å². The van der Waals surface area contributed by atoms with Crippen LogP contribution >= 0.6 is 23.8 Å². The summed E-state index contributed by atoms with van der Waals surface area (Å²) in [5, 5.41) is 9.84. The molecule has 2 rings (SSSR count). The summed E-state index contributed by atoms with van der Waals surface area (Å²) in [7, 11) is 0. The van der Waals surface area contributed by atoms with Crippen molar-refractivity contribution in [3.8, 4) is 5.75 Å². The number of anilines is 3. The molecular weight excluding hydrogens is 370 g/mol. The van der Waals surface area contributed by atoms with Gasteiger partial charge in [-0.15, -0.1) is 0 Å². The van der Waals surface area contributed by atoms with E-state index in [1.54, 1.807) is 18.2 Å². The number of hydrogen-bond donors (Lipinski definition) is 3. The van der Waals surface area contributed by atoms with Crippen LogP contribution in [0.3, 0.4) is 0 Å². The standard InChI is InChI=1S/C19H22ClN3O2S/c1-4-12(2)25-18-10-9-16(11-17(18)20)23-19(26)22-15-7-5-14(6-8-15)21-13(3)24/h5-12H,4H2,1-3H3,(H,21,24)(H2,22,23,26). The van der Waals surface area contributed by atoms with Crippen molar-refractivity contribution >= 4 is 51.9 Å². The van der Waals surface area contributed by atoms with E-state index in [4.69, 9.17) is 28.6 Å². The molecule has 0 aromatic heterocycles. The van der Waals surface area contributed by atoms with Crippen LogP contribution in [0, 0.1) is 0 Å². The largest absolute Gasteiger partial charge is 0.489 e. The highest BCUT2D eigenvalue weighted by molar-refractivity contribution is 7.80. The summed E-state index contributed by atoms with van der Waals surface area (Å²) < 4.78 is 5.75. The molecule has 0 bridgehead atoms. The first-order valence-corrected chi connectivity index (χ1v) is 9.08. The van der Waals surface area contributed by atoms with Crippen LogP contribution in [0.15, 0.2) is 42.5 Å². The molecule has 1 atom stereocenters. The van der Waals surface area contributed by atoms with Crippen molar-refractivity contribution in [1.29, 1.82) is 0 Å². The molecule has 0 spiro atoms. The Bertz CT molecular complexity index is 781. The van der Waals surface area contributed by atoms with Crippen LogP contribution < -0.4 is 20.7 Å². The van der Waals surface area contributed by atoms with Crippen LogP contribution in [0.5, 0.6) is 5.75 Å².